The first-order valence-corrected chi connectivity index (χ1v) is 14.5. The van der Waals surface area contributed by atoms with Gasteiger partial charge in [0.05, 0.1) is 15.9 Å². The number of hydrogen-bond donors (Lipinski definition) is 8. The minimum absolute atomic E-state index is 0.0355. The van der Waals surface area contributed by atoms with E-state index in [1.807, 2.05) is 6.07 Å². The molecule has 0 amide bonds. The van der Waals surface area contributed by atoms with Crippen LogP contribution in [0.4, 0.5) is 5.13 Å². The van der Waals surface area contributed by atoms with Gasteiger partial charge in [-0.25, -0.2) is 37.8 Å². The number of aromatic nitrogens is 2. The highest BCUT2D eigenvalue weighted by atomic mass is 32.2. The number of pyridine rings is 1. The first-order valence-electron chi connectivity index (χ1n) is 10.6. The average Bonchev–Trinajstić information content (AvgIpc) is 3.52. The summed E-state index contributed by atoms with van der Waals surface area (Å²) in [5.41, 5.74) is 24.5. The molecule has 1 aliphatic rings. The van der Waals surface area contributed by atoms with Crippen molar-refractivity contribution in [2.24, 2.45) is 10.9 Å². The minimum Gasteiger partial charge on any atom is -0.375 e. The first kappa shape index (κ1) is 25.5. The minimum atomic E-state index is -4.62. The van der Waals surface area contributed by atoms with Crippen molar-refractivity contribution in [3.63, 3.8) is 0 Å². The fourth-order valence-corrected chi connectivity index (χ4v) is 7.54. The number of hydrazine groups is 3. The van der Waals surface area contributed by atoms with Gasteiger partial charge < -0.3 is 11.5 Å². The summed E-state index contributed by atoms with van der Waals surface area (Å²) in [4.78, 5) is 7.22. The molecule has 1 saturated heterocycles. The van der Waals surface area contributed by atoms with Crippen LogP contribution in [0.5, 0.6) is 0 Å². The van der Waals surface area contributed by atoms with E-state index in [1.54, 1.807) is 24.3 Å². The highest BCUT2D eigenvalue weighted by Crippen LogP contribution is 2.40. The molecule has 0 bridgehead atoms. The van der Waals surface area contributed by atoms with Crippen molar-refractivity contribution in [3.8, 4) is 11.1 Å². The van der Waals surface area contributed by atoms with E-state index in [0.29, 0.717) is 21.8 Å². The van der Waals surface area contributed by atoms with Crippen LogP contribution in [0.25, 0.3) is 21.3 Å². The SMILES string of the molecule is Nc1nc2c(-c3ccc(S(=O)(=O)N[C@@H](N)c4ccccn4)c(S(N)(=O)=O)c3C3NNNN3)cccc2s1. The van der Waals surface area contributed by atoms with E-state index in [-0.39, 0.29) is 11.3 Å². The highest BCUT2D eigenvalue weighted by Gasteiger charge is 2.35. The number of nitrogens with one attached hydrogen (secondary N) is 5. The van der Waals surface area contributed by atoms with Crippen molar-refractivity contribution in [1.82, 2.24) is 36.6 Å². The van der Waals surface area contributed by atoms with Crippen molar-refractivity contribution < 1.29 is 16.8 Å². The number of rotatable bonds is 7. The van der Waals surface area contributed by atoms with Crippen molar-refractivity contribution in [1.29, 1.82) is 0 Å². The van der Waals surface area contributed by atoms with Crippen LogP contribution in [-0.2, 0) is 20.0 Å². The molecule has 0 unspecified atom stereocenters. The summed E-state index contributed by atoms with van der Waals surface area (Å²) in [5, 5.41) is 5.96. The molecular formula is C20H22N10O4S3. The number of sulfonamides is 2. The quantitative estimate of drug-likeness (QED) is 0.135. The van der Waals surface area contributed by atoms with Crippen LogP contribution in [0.1, 0.15) is 23.6 Å². The zero-order valence-corrected chi connectivity index (χ0v) is 21.3. The summed E-state index contributed by atoms with van der Waals surface area (Å²) < 4.78 is 56.0. The summed E-state index contributed by atoms with van der Waals surface area (Å²) in [5.74, 6) is 0. The third kappa shape index (κ3) is 4.92. The van der Waals surface area contributed by atoms with Crippen LogP contribution in [-0.4, -0.2) is 26.8 Å². The molecule has 1 aliphatic heterocycles. The summed E-state index contributed by atoms with van der Waals surface area (Å²) in [6.45, 7) is 0. The van der Waals surface area contributed by atoms with Crippen LogP contribution < -0.4 is 43.2 Å². The molecule has 0 spiro atoms. The van der Waals surface area contributed by atoms with E-state index in [2.05, 4.69) is 36.6 Å². The predicted molar refractivity (Wildman–Crippen MR) is 138 cm³/mol. The number of thiazole rings is 1. The highest BCUT2D eigenvalue weighted by molar-refractivity contribution is 7.92. The smallest absolute Gasteiger partial charge is 0.243 e. The Morgan fingerprint density at radius 2 is 1.73 bits per heavy atom. The maximum atomic E-state index is 13.5. The fraction of sp³-hybridized carbons (Fsp3) is 0.100. The zero-order chi connectivity index (χ0) is 26.4. The molecule has 17 heteroatoms. The Balaban J connectivity index is 1.75. The van der Waals surface area contributed by atoms with Gasteiger partial charge >= 0.3 is 0 Å². The lowest BCUT2D eigenvalue weighted by Gasteiger charge is -2.22. The summed E-state index contributed by atoms with van der Waals surface area (Å²) >= 11 is 1.26. The summed E-state index contributed by atoms with van der Waals surface area (Å²) in [6.07, 6.45) is -0.718. The Hall–Kier alpha value is -3.10. The number of nitrogen functional groups attached to an aromatic ring is 1. The number of para-hydroxylation sites is 1. The molecule has 0 radical (unpaired) electrons. The van der Waals surface area contributed by atoms with Gasteiger partial charge in [0.2, 0.25) is 20.0 Å². The van der Waals surface area contributed by atoms with E-state index < -0.39 is 42.2 Å². The lowest BCUT2D eigenvalue weighted by molar-refractivity contribution is 0.530. The Morgan fingerprint density at radius 3 is 2.41 bits per heavy atom. The first-order chi connectivity index (χ1) is 17.6. The molecule has 5 rings (SSSR count). The maximum absolute atomic E-state index is 13.5. The summed E-state index contributed by atoms with van der Waals surface area (Å²) in [6, 6.07) is 12.8. The third-order valence-corrected chi connectivity index (χ3v) is 9.00. The van der Waals surface area contributed by atoms with Gasteiger partial charge in [-0.05, 0) is 29.8 Å². The predicted octanol–water partition coefficient (Wildman–Crippen LogP) is -0.361. The Kier molecular flexibility index (Phi) is 6.66. The molecule has 11 N–H and O–H groups in total. The fourth-order valence-electron chi connectivity index (χ4n) is 4.04. The van der Waals surface area contributed by atoms with Crippen LogP contribution >= 0.6 is 11.3 Å². The molecule has 3 heterocycles. The van der Waals surface area contributed by atoms with Gasteiger partial charge in [-0.2, -0.15) is 15.8 Å². The third-order valence-electron chi connectivity index (χ3n) is 5.53. The molecule has 0 aliphatic carbocycles. The number of hydrogen-bond acceptors (Lipinski definition) is 13. The van der Waals surface area contributed by atoms with Crippen LogP contribution in [0.2, 0.25) is 0 Å². The Labute approximate surface area is 215 Å². The van der Waals surface area contributed by atoms with E-state index >= 15 is 0 Å². The van der Waals surface area contributed by atoms with E-state index in [0.717, 1.165) is 10.8 Å². The topological polar surface area (TPSA) is 232 Å². The standard InChI is InChI=1S/C20H22N10O4S3/c21-18(12-5-1-2-9-24-12)28-37(33,34)14-8-7-10(11-4-3-6-13-16(11)25-20(22)35-13)15(17(14)36(23,31)32)19-26-29-30-27-19/h1-9,18-19,26-30H,21H2,(H2,22,25)(H2,23,31,32)/t18-/m1/s1. The second-order valence-electron chi connectivity index (χ2n) is 7.93. The number of benzene rings is 2. The molecular weight excluding hydrogens is 540 g/mol. The lowest BCUT2D eigenvalue weighted by Crippen LogP contribution is -2.36. The largest absolute Gasteiger partial charge is 0.375 e. The number of nitrogens with zero attached hydrogens (tertiary/aromatic N) is 2. The average molecular weight is 563 g/mol. The molecule has 14 nitrogen and oxygen atoms in total. The number of anilines is 1. The van der Waals surface area contributed by atoms with Gasteiger partial charge in [-0.15, -0.1) is 0 Å². The van der Waals surface area contributed by atoms with Crippen molar-refractivity contribution in [2.75, 3.05) is 5.73 Å². The van der Waals surface area contributed by atoms with Crippen molar-refractivity contribution >= 4 is 46.7 Å². The van der Waals surface area contributed by atoms with Crippen LogP contribution in [0, 0.1) is 0 Å². The molecule has 194 valence electrons. The van der Waals surface area contributed by atoms with Gasteiger partial charge in [-0.3, -0.25) is 4.98 Å². The van der Waals surface area contributed by atoms with Crippen LogP contribution in [0.15, 0.2) is 64.5 Å². The van der Waals surface area contributed by atoms with Crippen LogP contribution in [0.3, 0.4) is 0 Å². The van der Waals surface area contributed by atoms with E-state index in [9.17, 15) is 16.8 Å². The van der Waals surface area contributed by atoms with Crippen molar-refractivity contribution in [2.45, 2.75) is 22.1 Å². The maximum Gasteiger partial charge on any atom is 0.243 e. The van der Waals surface area contributed by atoms with Gasteiger partial charge in [0.25, 0.3) is 0 Å². The second kappa shape index (κ2) is 9.65. The molecule has 2 aromatic carbocycles. The Morgan fingerprint density at radius 1 is 0.973 bits per heavy atom. The van der Waals surface area contributed by atoms with Gasteiger partial charge in [0.1, 0.15) is 22.1 Å². The normalized spacial score (nSPS) is 15.8. The van der Waals surface area contributed by atoms with Crippen molar-refractivity contribution in [3.05, 3.63) is 66.0 Å². The Bertz CT molecular complexity index is 1690. The van der Waals surface area contributed by atoms with Gasteiger partial charge in [0.15, 0.2) is 5.13 Å². The van der Waals surface area contributed by atoms with Gasteiger partial charge in [0, 0.05) is 17.3 Å². The molecule has 0 saturated carbocycles. The number of nitrogens with two attached hydrogens (primary N) is 3. The zero-order valence-electron chi connectivity index (χ0n) is 18.8. The second-order valence-corrected chi connectivity index (χ2v) is 12.2. The molecule has 2 aromatic heterocycles. The molecule has 37 heavy (non-hydrogen) atoms. The van der Waals surface area contributed by atoms with E-state index in [1.165, 1.54) is 29.7 Å². The monoisotopic (exact) mass is 562 g/mol. The lowest BCUT2D eigenvalue weighted by atomic mass is 9.97. The molecule has 4 aromatic rings. The summed E-state index contributed by atoms with van der Waals surface area (Å²) in [7, 11) is -9.13. The van der Waals surface area contributed by atoms with E-state index in [4.69, 9.17) is 16.6 Å². The van der Waals surface area contributed by atoms with Gasteiger partial charge in [-0.1, -0.05) is 35.6 Å². The number of primary sulfonamides is 1. The molecule has 1 atom stereocenters. The molecule has 1 fully saturated rings. The number of fused-ring (bicyclic) bond motifs is 1.